The summed E-state index contributed by atoms with van der Waals surface area (Å²) in [6.45, 7) is 3.36. The SMILES string of the molecule is COC(=O)c1nc(C)n(C(C)CS(C)(=O)=O)c1N. The van der Waals surface area contributed by atoms with Gasteiger partial charge in [-0.15, -0.1) is 0 Å². The Labute approximate surface area is 106 Å². The van der Waals surface area contributed by atoms with Gasteiger partial charge in [-0.1, -0.05) is 0 Å². The van der Waals surface area contributed by atoms with E-state index in [4.69, 9.17) is 5.73 Å². The second-order valence-electron chi connectivity index (χ2n) is 4.20. The number of aromatic nitrogens is 2. The number of anilines is 1. The number of imidazole rings is 1. The van der Waals surface area contributed by atoms with E-state index in [9.17, 15) is 13.2 Å². The van der Waals surface area contributed by atoms with Gasteiger partial charge in [0.05, 0.1) is 12.9 Å². The highest BCUT2D eigenvalue weighted by Gasteiger charge is 2.23. The lowest BCUT2D eigenvalue weighted by atomic mass is 10.3. The molecular weight excluding hydrogens is 258 g/mol. The molecule has 7 nitrogen and oxygen atoms in total. The lowest BCUT2D eigenvalue weighted by molar-refractivity contribution is 0.0595. The molecule has 0 aliphatic rings. The molecule has 0 fully saturated rings. The van der Waals surface area contributed by atoms with Crippen molar-refractivity contribution in [1.82, 2.24) is 9.55 Å². The van der Waals surface area contributed by atoms with E-state index in [0.717, 1.165) is 6.26 Å². The predicted molar refractivity (Wildman–Crippen MR) is 67.1 cm³/mol. The second kappa shape index (κ2) is 4.97. The number of nitrogen functional groups attached to an aromatic ring is 1. The molecule has 0 aliphatic carbocycles. The van der Waals surface area contributed by atoms with Crippen LogP contribution in [0, 0.1) is 6.92 Å². The lowest BCUT2D eigenvalue weighted by Gasteiger charge is -2.15. The summed E-state index contributed by atoms with van der Waals surface area (Å²) in [7, 11) is -1.91. The Morgan fingerprint density at radius 1 is 1.56 bits per heavy atom. The number of carbonyl (C=O) groups is 1. The van der Waals surface area contributed by atoms with Gasteiger partial charge in [-0.05, 0) is 13.8 Å². The van der Waals surface area contributed by atoms with Crippen LogP contribution in [0.1, 0.15) is 29.3 Å². The molecule has 0 bridgehead atoms. The molecule has 0 aliphatic heterocycles. The molecule has 2 N–H and O–H groups in total. The van der Waals surface area contributed by atoms with Crippen LogP contribution in [0.15, 0.2) is 0 Å². The normalized spacial score (nSPS) is 13.3. The first kappa shape index (κ1) is 14.5. The minimum Gasteiger partial charge on any atom is -0.464 e. The number of carbonyl (C=O) groups excluding carboxylic acids is 1. The molecule has 1 rings (SSSR count). The lowest BCUT2D eigenvalue weighted by Crippen LogP contribution is -2.19. The molecule has 1 aromatic heterocycles. The Hall–Kier alpha value is -1.57. The molecular formula is C10H17N3O4S. The zero-order valence-corrected chi connectivity index (χ0v) is 11.6. The van der Waals surface area contributed by atoms with Crippen molar-refractivity contribution in [2.45, 2.75) is 19.9 Å². The van der Waals surface area contributed by atoms with Gasteiger partial charge >= 0.3 is 5.97 Å². The number of esters is 1. The van der Waals surface area contributed by atoms with Gasteiger partial charge in [-0.25, -0.2) is 18.2 Å². The molecule has 0 radical (unpaired) electrons. The molecule has 1 unspecified atom stereocenters. The van der Waals surface area contributed by atoms with Crippen molar-refractivity contribution >= 4 is 21.6 Å². The van der Waals surface area contributed by atoms with Crippen LogP contribution in [0.2, 0.25) is 0 Å². The molecule has 0 saturated heterocycles. The van der Waals surface area contributed by atoms with Crippen molar-refractivity contribution in [2.24, 2.45) is 0 Å². The van der Waals surface area contributed by atoms with E-state index in [0.29, 0.717) is 5.82 Å². The number of methoxy groups -OCH3 is 1. The van der Waals surface area contributed by atoms with E-state index in [2.05, 4.69) is 9.72 Å². The monoisotopic (exact) mass is 275 g/mol. The van der Waals surface area contributed by atoms with E-state index in [1.807, 2.05) is 0 Å². The number of aryl methyl sites for hydroxylation is 1. The predicted octanol–water partition coefficient (Wildman–Crippen LogP) is 0.166. The summed E-state index contributed by atoms with van der Waals surface area (Å²) < 4.78 is 28.6. The zero-order chi connectivity index (χ0) is 14.1. The molecule has 8 heteroatoms. The average Bonchev–Trinajstić information content (AvgIpc) is 2.50. The largest absolute Gasteiger partial charge is 0.464 e. The van der Waals surface area contributed by atoms with Crippen LogP contribution < -0.4 is 5.73 Å². The third kappa shape index (κ3) is 3.00. The first-order valence-corrected chi connectivity index (χ1v) is 7.33. The number of nitrogens with zero attached hydrogens (tertiary/aromatic N) is 2. The smallest absolute Gasteiger partial charge is 0.360 e. The minimum atomic E-state index is -3.14. The van der Waals surface area contributed by atoms with Gasteiger partial charge in [-0.3, -0.25) is 0 Å². The van der Waals surface area contributed by atoms with Gasteiger partial charge < -0.3 is 15.0 Å². The third-order valence-electron chi connectivity index (χ3n) is 2.49. The van der Waals surface area contributed by atoms with Crippen molar-refractivity contribution < 1.29 is 17.9 Å². The van der Waals surface area contributed by atoms with Crippen molar-refractivity contribution in [2.75, 3.05) is 24.9 Å². The Kier molecular flexibility index (Phi) is 4.00. The summed E-state index contributed by atoms with van der Waals surface area (Å²) >= 11 is 0. The Morgan fingerprint density at radius 3 is 2.56 bits per heavy atom. The molecule has 1 heterocycles. The summed E-state index contributed by atoms with van der Waals surface area (Å²) in [6, 6.07) is -0.397. The highest BCUT2D eigenvalue weighted by atomic mass is 32.2. The van der Waals surface area contributed by atoms with E-state index < -0.39 is 21.8 Å². The number of nitrogens with two attached hydrogens (primary N) is 1. The van der Waals surface area contributed by atoms with Gasteiger partial charge in [0.15, 0.2) is 5.69 Å². The summed E-state index contributed by atoms with van der Waals surface area (Å²) in [5.41, 5.74) is 5.81. The Balaban J connectivity index is 3.18. The van der Waals surface area contributed by atoms with Crippen LogP contribution in [0.5, 0.6) is 0 Å². The van der Waals surface area contributed by atoms with Crippen LogP contribution in [0.25, 0.3) is 0 Å². The van der Waals surface area contributed by atoms with Gasteiger partial charge in [0.25, 0.3) is 0 Å². The van der Waals surface area contributed by atoms with Gasteiger partial charge in [0.1, 0.15) is 21.5 Å². The summed E-state index contributed by atoms with van der Waals surface area (Å²) in [5.74, 6) is -0.116. The molecule has 0 amide bonds. The summed E-state index contributed by atoms with van der Waals surface area (Å²) in [4.78, 5) is 15.4. The molecule has 1 atom stereocenters. The first-order valence-electron chi connectivity index (χ1n) is 5.27. The molecule has 102 valence electrons. The van der Waals surface area contributed by atoms with Crippen LogP contribution in [-0.4, -0.2) is 43.1 Å². The van der Waals surface area contributed by atoms with Gasteiger partial charge in [-0.2, -0.15) is 0 Å². The fourth-order valence-corrected chi connectivity index (χ4v) is 2.90. The molecule has 18 heavy (non-hydrogen) atoms. The van der Waals surface area contributed by atoms with Crippen molar-refractivity contribution in [1.29, 1.82) is 0 Å². The fourth-order valence-electron chi connectivity index (χ4n) is 1.88. The molecule has 0 aromatic carbocycles. The zero-order valence-electron chi connectivity index (χ0n) is 10.8. The van der Waals surface area contributed by atoms with Crippen LogP contribution in [0.4, 0.5) is 5.82 Å². The quantitative estimate of drug-likeness (QED) is 0.785. The Morgan fingerprint density at radius 2 is 2.11 bits per heavy atom. The van der Waals surface area contributed by atoms with Gasteiger partial charge in [0.2, 0.25) is 0 Å². The second-order valence-corrected chi connectivity index (χ2v) is 6.38. The van der Waals surface area contributed by atoms with E-state index in [1.54, 1.807) is 13.8 Å². The number of hydrogen-bond donors (Lipinski definition) is 1. The highest BCUT2D eigenvalue weighted by Crippen LogP contribution is 2.21. The average molecular weight is 275 g/mol. The van der Waals surface area contributed by atoms with E-state index >= 15 is 0 Å². The standard InChI is InChI=1S/C10H17N3O4S/c1-6(5-18(4,15)16)13-7(2)12-8(9(13)11)10(14)17-3/h6H,5,11H2,1-4H3. The van der Waals surface area contributed by atoms with E-state index in [-0.39, 0.29) is 17.3 Å². The summed E-state index contributed by atoms with van der Waals surface area (Å²) in [5, 5.41) is 0. The van der Waals surface area contributed by atoms with Crippen LogP contribution in [0.3, 0.4) is 0 Å². The topological polar surface area (TPSA) is 104 Å². The van der Waals surface area contributed by atoms with Gasteiger partial charge in [0, 0.05) is 12.3 Å². The first-order chi connectivity index (χ1) is 8.17. The Bertz CT molecular complexity index is 562. The number of hydrogen-bond acceptors (Lipinski definition) is 6. The summed E-state index contributed by atoms with van der Waals surface area (Å²) in [6.07, 6.45) is 1.15. The van der Waals surface area contributed by atoms with Crippen molar-refractivity contribution in [3.8, 4) is 0 Å². The fraction of sp³-hybridized carbons (Fsp3) is 0.600. The number of ether oxygens (including phenoxy) is 1. The number of sulfone groups is 1. The molecule has 0 saturated carbocycles. The van der Waals surface area contributed by atoms with E-state index in [1.165, 1.54) is 11.7 Å². The maximum Gasteiger partial charge on any atom is 0.360 e. The third-order valence-corrected chi connectivity index (χ3v) is 3.58. The minimum absolute atomic E-state index is 0.00958. The van der Waals surface area contributed by atoms with Crippen LogP contribution in [-0.2, 0) is 14.6 Å². The maximum absolute atomic E-state index is 11.4. The van der Waals surface area contributed by atoms with Crippen molar-refractivity contribution in [3.63, 3.8) is 0 Å². The maximum atomic E-state index is 11.4. The van der Waals surface area contributed by atoms with Crippen LogP contribution >= 0.6 is 0 Å². The highest BCUT2D eigenvalue weighted by molar-refractivity contribution is 7.90. The molecule has 1 aromatic rings. The van der Waals surface area contributed by atoms with Crippen molar-refractivity contribution in [3.05, 3.63) is 11.5 Å². The molecule has 0 spiro atoms. The number of rotatable bonds is 4.